The fourth-order valence-corrected chi connectivity index (χ4v) is 2.30. The molecule has 1 aromatic heterocycles. The fourth-order valence-electron chi connectivity index (χ4n) is 2.30. The minimum absolute atomic E-state index is 0.00211. The number of aromatic nitrogens is 1. The van der Waals surface area contributed by atoms with Gasteiger partial charge in [-0.05, 0) is 22.4 Å². The summed E-state index contributed by atoms with van der Waals surface area (Å²) in [7, 11) is 1.65. The van der Waals surface area contributed by atoms with E-state index in [1.807, 2.05) is 30.5 Å². The van der Waals surface area contributed by atoms with E-state index in [1.54, 1.807) is 11.7 Å². The average Bonchev–Trinajstić information content (AvgIpc) is 2.37. The Kier molecular flexibility index (Phi) is 3.76. The number of pyridine rings is 1. The van der Waals surface area contributed by atoms with Crippen LogP contribution < -0.4 is 5.56 Å². The smallest absolute Gasteiger partial charge is 0.258 e. The second kappa shape index (κ2) is 5.17. The predicted octanol–water partition coefficient (Wildman–Crippen LogP) is 2.95. The molecule has 1 heterocycles. The van der Waals surface area contributed by atoms with E-state index in [2.05, 4.69) is 20.8 Å². The molecule has 0 aliphatic carbocycles. The van der Waals surface area contributed by atoms with Gasteiger partial charge in [0.25, 0.3) is 5.56 Å². The molecule has 1 aromatic carbocycles. The number of nitrogens with zero attached hydrogens (tertiary/aromatic N) is 1. The molecule has 0 bridgehead atoms. The molecule has 0 atom stereocenters. The Bertz CT molecular complexity index is 635. The van der Waals surface area contributed by atoms with Crippen LogP contribution in [0.1, 0.15) is 26.3 Å². The summed E-state index contributed by atoms with van der Waals surface area (Å²) in [4.78, 5) is 12.4. The topological polar surface area (TPSA) is 31.2 Å². The number of benzene rings is 1. The number of ether oxygens (including phenoxy) is 1. The summed E-state index contributed by atoms with van der Waals surface area (Å²) in [6, 6.07) is 7.82. The molecule has 19 heavy (non-hydrogen) atoms. The van der Waals surface area contributed by atoms with Crippen LogP contribution >= 0.6 is 0 Å². The Hall–Kier alpha value is -1.61. The van der Waals surface area contributed by atoms with E-state index in [-0.39, 0.29) is 11.0 Å². The molecule has 0 saturated carbocycles. The van der Waals surface area contributed by atoms with Gasteiger partial charge >= 0.3 is 0 Å². The zero-order chi connectivity index (χ0) is 14.0. The van der Waals surface area contributed by atoms with Crippen LogP contribution in [0.25, 0.3) is 10.8 Å². The van der Waals surface area contributed by atoms with Gasteiger partial charge in [-0.15, -0.1) is 0 Å². The number of fused-ring (bicyclic) bond motifs is 1. The minimum Gasteiger partial charge on any atom is -0.383 e. The molecule has 0 fully saturated rings. The van der Waals surface area contributed by atoms with Crippen molar-refractivity contribution in [2.45, 2.75) is 32.7 Å². The third-order valence-corrected chi connectivity index (χ3v) is 3.34. The van der Waals surface area contributed by atoms with Crippen molar-refractivity contribution >= 4 is 10.8 Å². The zero-order valence-corrected chi connectivity index (χ0v) is 12.1. The van der Waals surface area contributed by atoms with Crippen molar-refractivity contribution in [2.24, 2.45) is 0 Å². The Morgan fingerprint density at radius 2 is 1.79 bits per heavy atom. The van der Waals surface area contributed by atoms with E-state index in [9.17, 15) is 4.79 Å². The monoisotopic (exact) mass is 259 g/mol. The van der Waals surface area contributed by atoms with E-state index in [0.717, 1.165) is 10.8 Å². The van der Waals surface area contributed by atoms with Crippen molar-refractivity contribution in [1.82, 2.24) is 4.57 Å². The molecule has 0 spiro atoms. The molecule has 2 aromatic rings. The highest BCUT2D eigenvalue weighted by molar-refractivity contribution is 5.85. The van der Waals surface area contributed by atoms with Crippen molar-refractivity contribution in [3.63, 3.8) is 0 Å². The van der Waals surface area contributed by atoms with E-state index < -0.39 is 0 Å². The Balaban J connectivity index is 2.73. The summed E-state index contributed by atoms with van der Waals surface area (Å²) in [6.07, 6.45) is 1.98. The third kappa shape index (κ3) is 2.71. The number of rotatable bonds is 3. The van der Waals surface area contributed by atoms with Gasteiger partial charge in [-0.3, -0.25) is 4.79 Å². The summed E-state index contributed by atoms with van der Waals surface area (Å²) < 4.78 is 6.83. The lowest BCUT2D eigenvalue weighted by Gasteiger charge is -2.23. The Morgan fingerprint density at radius 1 is 1.16 bits per heavy atom. The first kappa shape index (κ1) is 13.8. The molecular formula is C16H21NO2. The van der Waals surface area contributed by atoms with Gasteiger partial charge in [-0.25, -0.2) is 0 Å². The maximum absolute atomic E-state index is 12.4. The van der Waals surface area contributed by atoms with Crippen molar-refractivity contribution in [3.8, 4) is 0 Å². The van der Waals surface area contributed by atoms with Crippen LogP contribution in [-0.4, -0.2) is 18.3 Å². The highest BCUT2D eigenvalue weighted by Crippen LogP contribution is 2.28. The lowest BCUT2D eigenvalue weighted by molar-refractivity contribution is 0.186. The second-order valence-corrected chi connectivity index (χ2v) is 5.83. The second-order valence-electron chi connectivity index (χ2n) is 5.83. The average molecular weight is 259 g/mol. The van der Waals surface area contributed by atoms with Gasteiger partial charge < -0.3 is 9.30 Å². The van der Waals surface area contributed by atoms with Gasteiger partial charge in [-0.2, -0.15) is 0 Å². The standard InChI is InChI=1S/C16H21NO2/c1-16(2,3)14-11-17(9-10-19-4)15(18)13-8-6-5-7-12(13)14/h5-8,11H,9-10H2,1-4H3. The highest BCUT2D eigenvalue weighted by atomic mass is 16.5. The maximum atomic E-state index is 12.4. The van der Waals surface area contributed by atoms with Gasteiger partial charge in [0.1, 0.15) is 0 Å². The fraction of sp³-hybridized carbons (Fsp3) is 0.438. The SMILES string of the molecule is COCCn1cc(C(C)(C)C)c2ccccc2c1=O. The van der Waals surface area contributed by atoms with Crippen LogP contribution in [0.2, 0.25) is 0 Å². The maximum Gasteiger partial charge on any atom is 0.258 e. The molecule has 0 unspecified atom stereocenters. The Labute approximate surface area is 113 Å². The molecule has 2 rings (SSSR count). The van der Waals surface area contributed by atoms with E-state index >= 15 is 0 Å². The lowest BCUT2D eigenvalue weighted by Crippen LogP contribution is -2.25. The van der Waals surface area contributed by atoms with Gasteiger partial charge in [0.15, 0.2) is 0 Å². The van der Waals surface area contributed by atoms with Crippen LogP contribution in [0.5, 0.6) is 0 Å². The van der Waals surface area contributed by atoms with Crippen LogP contribution in [0.15, 0.2) is 35.3 Å². The highest BCUT2D eigenvalue weighted by Gasteiger charge is 2.19. The van der Waals surface area contributed by atoms with Gasteiger partial charge in [0.2, 0.25) is 0 Å². The van der Waals surface area contributed by atoms with Crippen LogP contribution in [0, 0.1) is 0 Å². The van der Waals surface area contributed by atoms with Crippen molar-refractivity contribution in [3.05, 3.63) is 46.4 Å². The quantitative estimate of drug-likeness (QED) is 0.848. The van der Waals surface area contributed by atoms with Crippen molar-refractivity contribution in [1.29, 1.82) is 0 Å². The van der Waals surface area contributed by atoms with Gasteiger partial charge in [0.05, 0.1) is 6.61 Å². The molecule has 0 amide bonds. The molecule has 3 nitrogen and oxygen atoms in total. The Morgan fingerprint density at radius 3 is 2.37 bits per heavy atom. The number of hydrogen-bond acceptors (Lipinski definition) is 2. The lowest BCUT2D eigenvalue weighted by atomic mass is 9.85. The number of methoxy groups -OCH3 is 1. The molecule has 0 aliphatic rings. The zero-order valence-electron chi connectivity index (χ0n) is 12.1. The van der Waals surface area contributed by atoms with E-state index in [1.165, 1.54) is 5.56 Å². The molecule has 0 radical (unpaired) electrons. The van der Waals surface area contributed by atoms with Crippen LogP contribution in [0.4, 0.5) is 0 Å². The minimum atomic E-state index is 0.00211. The summed E-state index contributed by atoms with van der Waals surface area (Å²) in [5.41, 5.74) is 1.25. The first-order valence-corrected chi connectivity index (χ1v) is 6.57. The van der Waals surface area contributed by atoms with Gasteiger partial charge in [-0.1, -0.05) is 39.0 Å². The van der Waals surface area contributed by atoms with Crippen LogP contribution in [-0.2, 0) is 16.7 Å². The molecular weight excluding hydrogens is 238 g/mol. The van der Waals surface area contributed by atoms with Crippen molar-refractivity contribution < 1.29 is 4.74 Å². The normalized spacial score (nSPS) is 12.0. The van der Waals surface area contributed by atoms with E-state index in [4.69, 9.17) is 4.74 Å². The first-order chi connectivity index (χ1) is 8.95. The summed E-state index contributed by atoms with van der Waals surface area (Å²) in [5, 5.41) is 1.83. The van der Waals surface area contributed by atoms with Crippen molar-refractivity contribution in [2.75, 3.05) is 13.7 Å². The first-order valence-electron chi connectivity index (χ1n) is 6.57. The molecule has 102 valence electrons. The predicted molar refractivity (Wildman–Crippen MR) is 78.8 cm³/mol. The number of hydrogen-bond donors (Lipinski definition) is 0. The third-order valence-electron chi connectivity index (χ3n) is 3.34. The summed E-state index contributed by atoms with van der Waals surface area (Å²) in [5.74, 6) is 0. The molecule has 0 aliphatic heterocycles. The molecule has 3 heteroatoms. The molecule has 0 N–H and O–H groups in total. The summed E-state index contributed by atoms with van der Waals surface area (Å²) in [6.45, 7) is 7.63. The van der Waals surface area contributed by atoms with E-state index in [0.29, 0.717) is 13.2 Å². The van der Waals surface area contributed by atoms with Gasteiger partial charge in [0, 0.05) is 25.2 Å². The molecule has 0 saturated heterocycles. The van der Waals surface area contributed by atoms with Crippen LogP contribution in [0.3, 0.4) is 0 Å². The largest absolute Gasteiger partial charge is 0.383 e. The summed E-state index contributed by atoms with van der Waals surface area (Å²) >= 11 is 0.